The lowest BCUT2D eigenvalue weighted by Gasteiger charge is -2.22. The Morgan fingerprint density at radius 1 is 1.03 bits per heavy atom. The second-order valence-corrected chi connectivity index (χ2v) is 10.2. The number of amidine groups is 1. The van der Waals surface area contributed by atoms with E-state index in [9.17, 15) is 0 Å². The van der Waals surface area contributed by atoms with E-state index in [1.807, 2.05) is 0 Å². The molecule has 0 spiro atoms. The number of benzene rings is 1. The molecule has 0 saturated carbocycles. The zero-order valence-electron chi connectivity index (χ0n) is 18.7. The van der Waals surface area contributed by atoms with Crippen LogP contribution >= 0.6 is 11.8 Å². The summed E-state index contributed by atoms with van der Waals surface area (Å²) in [5.74, 6) is 0.922. The average molecular weight is 431 g/mol. The van der Waals surface area contributed by atoms with Gasteiger partial charge in [-0.2, -0.15) is 0 Å². The smallest absolute Gasteiger partial charge is 0.158 e. The molecule has 162 valence electrons. The van der Waals surface area contributed by atoms with E-state index >= 15 is 0 Å². The molecule has 3 heteroatoms. The summed E-state index contributed by atoms with van der Waals surface area (Å²) in [5, 5.41) is 4.78. The van der Waals surface area contributed by atoms with E-state index in [1.54, 1.807) is 11.8 Å². The van der Waals surface area contributed by atoms with E-state index in [1.165, 1.54) is 22.3 Å². The first-order valence-electron chi connectivity index (χ1n) is 11.1. The predicted molar refractivity (Wildman–Crippen MR) is 139 cm³/mol. The normalized spacial score (nSPS) is 23.0. The molecule has 1 aromatic carbocycles. The molecule has 2 atom stereocenters. The van der Waals surface area contributed by atoms with Gasteiger partial charge in [-0.05, 0) is 40.5 Å². The Labute approximate surface area is 192 Å². The van der Waals surface area contributed by atoms with E-state index in [0.717, 1.165) is 23.8 Å². The van der Waals surface area contributed by atoms with Gasteiger partial charge in [-0.1, -0.05) is 118 Å². The van der Waals surface area contributed by atoms with Crippen molar-refractivity contribution >= 4 is 16.9 Å². The SMILES string of the molecule is CC(C)(C)c1ccc(CSC2=N[C@@H](C3=CC=CC=CC3)[C@@H](C3=CCC=CC=C3)N2)cc1.[HH]. The Bertz CT molecular complexity index is 1000. The summed E-state index contributed by atoms with van der Waals surface area (Å²) < 4.78 is 0. The summed E-state index contributed by atoms with van der Waals surface area (Å²) in [7, 11) is 0. The van der Waals surface area contributed by atoms with Gasteiger partial charge in [0, 0.05) is 7.18 Å². The maximum Gasteiger partial charge on any atom is 0.158 e. The monoisotopic (exact) mass is 430 g/mol. The molecular weight excluding hydrogens is 396 g/mol. The molecule has 0 aromatic heterocycles. The van der Waals surface area contributed by atoms with Crippen LogP contribution in [0.1, 0.15) is 46.2 Å². The first-order chi connectivity index (χ1) is 15.0. The van der Waals surface area contributed by atoms with Gasteiger partial charge in [0.05, 0.1) is 12.1 Å². The fourth-order valence-corrected chi connectivity index (χ4v) is 4.88. The fraction of sp³-hybridized carbons (Fsp3) is 0.321. The van der Waals surface area contributed by atoms with Crippen LogP contribution in [0, 0.1) is 0 Å². The summed E-state index contributed by atoms with van der Waals surface area (Å²) >= 11 is 1.81. The first-order valence-corrected chi connectivity index (χ1v) is 12.1. The van der Waals surface area contributed by atoms with Gasteiger partial charge >= 0.3 is 0 Å². The molecule has 2 nitrogen and oxygen atoms in total. The van der Waals surface area contributed by atoms with Crippen molar-refractivity contribution in [2.45, 2.75) is 56.9 Å². The minimum absolute atomic E-state index is 0. The summed E-state index contributed by atoms with van der Waals surface area (Å²) in [6.07, 6.45) is 23.7. The average Bonchev–Trinajstić information content (AvgIpc) is 2.96. The molecule has 0 bridgehead atoms. The van der Waals surface area contributed by atoms with Gasteiger partial charge in [0.25, 0.3) is 0 Å². The Hall–Kier alpha value is -2.52. The maximum atomic E-state index is 5.15. The van der Waals surface area contributed by atoms with Crippen LogP contribution in [-0.2, 0) is 11.2 Å². The highest BCUT2D eigenvalue weighted by atomic mass is 32.2. The Morgan fingerprint density at radius 3 is 2.65 bits per heavy atom. The Morgan fingerprint density at radius 2 is 1.84 bits per heavy atom. The molecule has 31 heavy (non-hydrogen) atoms. The van der Waals surface area contributed by atoms with Crippen LogP contribution in [-0.4, -0.2) is 17.3 Å². The van der Waals surface area contributed by atoms with Gasteiger partial charge in [-0.25, -0.2) is 0 Å². The third-order valence-electron chi connectivity index (χ3n) is 5.83. The van der Waals surface area contributed by atoms with Crippen molar-refractivity contribution in [1.82, 2.24) is 5.32 Å². The van der Waals surface area contributed by atoms with Crippen LogP contribution in [0.2, 0.25) is 0 Å². The van der Waals surface area contributed by atoms with Crippen LogP contribution in [0.25, 0.3) is 0 Å². The molecule has 0 unspecified atom stereocenters. The number of aliphatic imine (C=N–C) groups is 1. The van der Waals surface area contributed by atoms with Crippen molar-refractivity contribution in [2.75, 3.05) is 0 Å². The minimum Gasteiger partial charge on any atom is -0.356 e. The highest BCUT2D eigenvalue weighted by molar-refractivity contribution is 8.13. The quantitative estimate of drug-likeness (QED) is 0.554. The van der Waals surface area contributed by atoms with Gasteiger partial charge in [0.15, 0.2) is 5.17 Å². The molecule has 3 aliphatic rings. The Balaban J connectivity index is 0.00000289. The zero-order chi connectivity index (χ0) is 21.7. The summed E-state index contributed by atoms with van der Waals surface area (Å²) in [4.78, 5) is 5.15. The molecule has 0 amide bonds. The number of thioether (sulfide) groups is 1. The maximum absolute atomic E-state index is 5.15. The number of rotatable bonds is 4. The lowest BCUT2D eigenvalue weighted by atomic mass is 9.87. The molecule has 0 radical (unpaired) electrons. The van der Waals surface area contributed by atoms with Crippen molar-refractivity contribution < 1.29 is 1.43 Å². The van der Waals surface area contributed by atoms with Crippen LogP contribution in [0.4, 0.5) is 0 Å². The predicted octanol–water partition coefficient (Wildman–Crippen LogP) is 7.04. The largest absolute Gasteiger partial charge is 0.356 e. The van der Waals surface area contributed by atoms with E-state index < -0.39 is 0 Å². The van der Waals surface area contributed by atoms with Gasteiger partial charge in [-0.3, -0.25) is 4.99 Å². The van der Waals surface area contributed by atoms with Crippen molar-refractivity contribution in [1.29, 1.82) is 0 Å². The van der Waals surface area contributed by atoms with Gasteiger partial charge in [0.2, 0.25) is 0 Å². The second-order valence-electron chi connectivity index (χ2n) is 9.22. The number of nitrogens with zero attached hydrogens (tertiary/aromatic N) is 1. The van der Waals surface area contributed by atoms with Gasteiger partial charge < -0.3 is 5.32 Å². The second kappa shape index (κ2) is 9.74. The molecule has 1 aromatic rings. The number of allylic oxidation sites excluding steroid dienone is 9. The molecule has 1 N–H and O–H groups in total. The van der Waals surface area contributed by atoms with Crippen molar-refractivity contribution in [2.24, 2.45) is 4.99 Å². The third-order valence-corrected chi connectivity index (χ3v) is 6.81. The molecule has 1 aliphatic heterocycles. The lowest BCUT2D eigenvalue weighted by Crippen LogP contribution is -2.36. The Kier molecular flexibility index (Phi) is 6.82. The molecule has 2 aliphatic carbocycles. The van der Waals surface area contributed by atoms with Gasteiger partial charge in [-0.15, -0.1) is 0 Å². The molecule has 0 saturated heterocycles. The molecule has 4 rings (SSSR count). The summed E-state index contributed by atoms with van der Waals surface area (Å²) in [5.41, 5.74) is 5.58. The van der Waals surface area contributed by atoms with Crippen molar-refractivity contribution in [3.05, 3.63) is 107 Å². The van der Waals surface area contributed by atoms with Crippen LogP contribution in [0.15, 0.2) is 101 Å². The van der Waals surface area contributed by atoms with Crippen LogP contribution in [0.5, 0.6) is 0 Å². The topological polar surface area (TPSA) is 24.4 Å². The van der Waals surface area contributed by atoms with E-state index in [0.29, 0.717) is 0 Å². The summed E-state index contributed by atoms with van der Waals surface area (Å²) in [6, 6.07) is 9.34. The first kappa shape index (κ1) is 21.7. The zero-order valence-corrected chi connectivity index (χ0v) is 19.5. The van der Waals surface area contributed by atoms with Gasteiger partial charge in [0.1, 0.15) is 0 Å². The third kappa shape index (κ3) is 5.59. The van der Waals surface area contributed by atoms with Crippen molar-refractivity contribution in [3.63, 3.8) is 0 Å². The van der Waals surface area contributed by atoms with Crippen LogP contribution < -0.4 is 5.32 Å². The van der Waals surface area contributed by atoms with Crippen molar-refractivity contribution in [3.8, 4) is 0 Å². The highest BCUT2D eigenvalue weighted by Crippen LogP contribution is 2.30. The lowest BCUT2D eigenvalue weighted by molar-refractivity contribution is 0.590. The molecule has 1 heterocycles. The minimum atomic E-state index is 0. The number of nitrogens with one attached hydrogen (secondary N) is 1. The number of hydrogen-bond acceptors (Lipinski definition) is 3. The standard InChI is InChI=1S/C28H32N2S.H2/c1-28(2,3)24-18-16-21(17-19-24)20-31-27-29-25(22-12-8-4-5-9-13-22)26(30-27)23-14-10-6-7-11-15-23;/h4-10,12,14-19,25-26H,11,13,20H2,1-3H3,(H,29,30);1H/t25-,26+;/m0./s1. The fourth-order valence-electron chi connectivity index (χ4n) is 3.98. The van der Waals surface area contributed by atoms with E-state index in [-0.39, 0.29) is 18.9 Å². The number of hydrogen-bond donors (Lipinski definition) is 1. The molecule has 0 fully saturated rings. The summed E-state index contributed by atoms with van der Waals surface area (Å²) in [6.45, 7) is 6.77. The van der Waals surface area contributed by atoms with Crippen LogP contribution in [0.3, 0.4) is 0 Å². The van der Waals surface area contributed by atoms with E-state index in [2.05, 4.69) is 111 Å². The highest BCUT2D eigenvalue weighted by Gasteiger charge is 2.33. The van der Waals surface area contributed by atoms with E-state index in [4.69, 9.17) is 4.99 Å². The molecular formula is C28H34N2S.